The maximum atomic E-state index is 13.3. The lowest BCUT2D eigenvalue weighted by molar-refractivity contribution is 0.0525. The van der Waals surface area contributed by atoms with E-state index in [1.165, 1.54) is 24.3 Å². The van der Waals surface area contributed by atoms with Crippen LogP contribution in [-0.2, 0) is 10.1 Å². The zero-order valence-electron chi connectivity index (χ0n) is 8.20. The van der Waals surface area contributed by atoms with Gasteiger partial charge in [-0.3, -0.25) is 14.1 Å². The van der Waals surface area contributed by atoms with Gasteiger partial charge in [0.15, 0.2) is 0 Å². The molecule has 1 aliphatic heterocycles. The molecular formula is C9H6FNO5S. The lowest BCUT2D eigenvalue weighted by Crippen LogP contribution is -2.41. The van der Waals surface area contributed by atoms with Gasteiger partial charge < -0.3 is 0 Å². The minimum atomic E-state index is -5.15. The van der Waals surface area contributed by atoms with Gasteiger partial charge in [-0.15, -0.1) is 0 Å². The maximum Gasteiger partial charge on any atom is 0.317 e. The molecule has 1 heterocycles. The van der Waals surface area contributed by atoms with Crippen LogP contribution in [-0.4, -0.2) is 35.3 Å². The van der Waals surface area contributed by atoms with Crippen LogP contribution < -0.4 is 0 Å². The topological polar surface area (TPSA) is 91.8 Å². The molecule has 6 nitrogen and oxygen atoms in total. The molecule has 0 fully saturated rings. The Bertz CT molecular complexity index is 577. The van der Waals surface area contributed by atoms with Gasteiger partial charge in [-0.25, -0.2) is 9.29 Å². The number of nitrogens with zero attached hydrogens (tertiary/aromatic N) is 1. The van der Waals surface area contributed by atoms with E-state index in [4.69, 9.17) is 4.55 Å². The number of fused-ring (bicyclic) bond motifs is 1. The summed E-state index contributed by atoms with van der Waals surface area (Å²) in [6.45, 7) is 0. The summed E-state index contributed by atoms with van der Waals surface area (Å²) < 4.78 is 43.0. The summed E-state index contributed by atoms with van der Waals surface area (Å²) >= 11 is 0. The van der Waals surface area contributed by atoms with Crippen LogP contribution in [0, 0.1) is 0 Å². The molecule has 1 unspecified atom stereocenters. The summed E-state index contributed by atoms with van der Waals surface area (Å²) in [7, 11) is -5.15. The summed E-state index contributed by atoms with van der Waals surface area (Å²) in [6, 6.07) is 5.45. The number of amides is 2. The van der Waals surface area contributed by atoms with E-state index in [0.717, 1.165) is 0 Å². The van der Waals surface area contributed by atoms with Gasteiger partial charge in [-0.1, -0.05) is 12.1 Å². The SMILES string of the molecule is O=C1c2ccccc2C(=O)N1C(F)S(=O)(=O)O. The van der Waals surface area contributed by atoms with Gasteiger partial charge >= 0.3 is 15.7 Å². The van der Waals surface area contributed by atoms with Gasteiger partial charge in [0, 0.05) is 0 Å². The van der Waals surface area contributed by atoms with Crippen molar-refractivity contribution >= 4 is 21.9 Å². The Morgan fingerprint density at radius 1 is 1.12 bits per heavy atom. The molecule has 2 amide bonds. The monoisotopic (exact) mass is 259 g/mol. The van der Waals surface area contributed by atoms with Crippen LogP contribution >= 0.6 is 0 Å². The van der Waals surface area contributed by atoms with Crippen LogP contribution in [0.1, 0.15) is 20.7 Å². The van der Waals surface area contributed by atoms with Gasteiger partial charge in [0.25, 0.3) is 11.8 Å². The van der Waals surface area contributed by atoms with Crippen molar-refractivity contribution in [2.24, 2.45) is 0 Å². The molecule has 0 aromatic heterocycles. The molecule has 1 aromatic rings. The molecule has 0 radical (unpaired) electrons. The largest absolute Gasteiger partial charge is 0.317 e. The van der Waals surface area contributed by atoms with Crippen molar-refractivity contribution < 1.29 is 27.0 Å². The predicted molar refractivity (Wildman–Crippen MR) is 53.4 cm³/mol. The summed E-state index contributed by atoms with van der Waals surface area (Å²) in [5.41, 5.74) is -3.28. The fourth-order valence-electron chi connectivity index (χ4n) is 1.53. The molecule has 0 aliphatic carbocycles. The van der Waals surface area contributed by atoms with E-state index >= 15 is 0 Å². The fraction of sp³-hybridized carbons (Fsp3) is 0.111. The molecule has 0 saturated carbocycles. The van der Waals surface area contributed by atoms with Crippen molar-refractivity contribution in [2.75, 3.05) is 0 Å². The van der Waals surface area contributed by atoms with E-state index in [-0.39, 0.29) is 16.0 Å². The number of carbonyl (C=O) groups excluding carboxylic acids is 2. The normalized spacial score (nSPS) is 17.2. The third-order valence-electron chi connectivity index (χ3n) is 2.27. The van der Waals surface area contributed by atoms with Crippen molar-refractivity contribution in [2.45, 2.75) is 5.63 Å². The first-order chi connectivity index (χ1) is 7.84. The molecule has 1 N–H and O–H groups in total. The highest BCUT2D eigenvalue weighted by molar-refractivity contribution is 7.86. The molecule has 90 valence electrons. The van der Waals surface area contributed by atoms with Crippen molar-refractivity contribution in [1.29, 1.82) is 0 Å². The molecular weight excluding hydrogens is 253 g/mol. The number of imide groups is 1. The Labute approximate surface area is 95.4 Å². The second kappa shape index (κ2) is 3.60. The molecule has 8 heteroatoms. The van der Waals surface area contributed by atoms with Crippen LogP contribution in [0.5, 0.6) is 0 Å². The standard InChI is InChI=1S/C9H6FNO5S/c10-9(17(14,15)16)11-7(12)5-3-1-2-4-6(5)8(11)13/h1-4,9H,(H,14,15,16). The third-order valence-corrected chi connectivity index (χ3v) is 2.98. The maximum absolute atomic E-state index is 13.3. The summed E-state index contributed by atoms with van der Waals surface area (Å²) in [4.78, 5) is 23.0. The number of alkyl halides is 1. The van der Waals surface area contributed by atoms with Gasteiger partial charge in [0.1, 0.15) is 0 Å². The molecule has 0 spiro atoms. The van der Waals surface area contributed by atoms with Crippen LogP contribution in [0.15, 0.2) is 24.3 Å². The average molecular weight is 259 g/mol. The first-order valence-electron chi connectivity index (χ1n) is 4.41. The van der Waals surface area contributed by atoms with E-state index in [2.05, 4.69) is 0 Å². The van der Waals surface area contributed by atoms with E-state index in [1.807, 2.05) is 0 Å². The first-order valence-corrected chi connectivity index (χ1v) is 5.91. The molecule has 2 rings (SSSR count). The Morgan fingerprint density at radius 3 is 1.88 bits per heavy atom. The van der Waals surface area contributed by atoms with Crippen LogP contribution in [0.4, 0.5) is 4.39 Å². The van der Waals surface area contributed by atoms with Gasteiger partial charge in [0.2, 0.25) is 0 Å². The van der Waals surface area contributed by atoms with E-state index in [0.29, 0.717) is 0 Å². The van der Waals surface area contributed by atoms with Crippen molar-refractivity contribution in [3.05, 3.63) is 35.4 Å². The van der Waals surface area contributed by atoms with E-state index in [9.17, 15) is 22.4 Å². The predicted octanol–water partition coefficient (Wildman–Crippen LogP) is 0.424. The number of hydrogen-bond donors (Lipinski definition) is 1. The fourth-order valence-corrected chi connectivity index (χ4v) is 1.98. The molecule has 1 aromatic carbocycles. The number of carbonyl (C=O) groups is 2. The zero-order chi connectivity index (χ0) is 12.8. The minimum Gasteiger partial charge on any atom is -0.282 e. The molecule has 1 atom stereocenters. The number of benzene rings is 1. The molecule has 17 heavy (non-hydrogen) atoms. The van der Waals surface area contributed by atoms with E-state index < -0.39 is 27.6 Å². The van der Waals surface area contributed by atoms with Crippen molar-refractivity contribution in [1.82, 2.24) is 4.90 Å². The third kappa shape index (κ3) is 1.71. The summed E-state index contributed by atoms with van der Waals surface area (Å²) in [6.07, 6.45) is 0. The first kappa shape index (κ1) is 11.7. The van der Waals surface area contributed by atoms with E-state index in [1.54, 1.807) is 0 Å². The lowest BCUT2D eigenvalue weighted by atomic mass is 10.1. The number of halogens is 1. The minimum absolute atomic E-state index is 0.0937. The Hall–Kier alpha value is -1.80. The second-order valence-electron chi connectivity index (χ2n) is 3.33. The molecule has 0 bridgehead atoms. The highest BCUT2D eigenvalue weighted by atomic mass is 32.2. The van der Waals surface area contributed by atoms with Crippen molar-refractivity contribution in [3.63, 3.8) is 0 Å². The van der Waals surface area contributed by atoms with Crippen LogP contribution in [0.25, 0.3) is 0 Å². The van der Waals surface area contributed by atoms with Crippen molar-refractivity contribution in [3.8, 4) is 0 Å². The zero-order valence-corrected chi connectivity index (χ0v) is 9.02. The Kier molecular flexibility index (Phi) is 2.48. The summed E-state index contributed by atoms with van der Waals surface area (Å²) in [5.74, 6) is -2.17. The highest BCUT2D eigenvalue weighted by Crippen LogP contribution is 2.26. The van der Waals surface area contributed by atoms with Crippen LogP contribution in [0.2, 0.25) is 0 Å². The Balaban J connectivity index is 2.51. The molecule has 1 aliphatic rings. The quantitative estimate of drug-likeness (QED) is 0.472. The highest BCUT2D eigenvalue weighted by Gasteiger charge is 2.45. The second-order valence-corrected chi connectivity index (χ2v) is 4.75. The van der Waals surface area contributed by atoms with Gasteiger partial charge in [-0.2, -0.15) is 8.42 Å². The number of hydrogen-bond acceptors (Lipinski definition) is 4. The Morgan fingerprint density at radius 2 is 1.53 bits per heavy atom. The average Bonchev–Trinajstić information content (AvgIpc) is 2.51. The number of rotatable bonds is 2. The van der Waals surface area contributed by atoms with Gasteiger partial charge in [0.05, 0.1) is 11.1 Å². The summed E-state index contributed by atoms with van der Waals surface area (Å²) in [5, 5.41) is 0. The smallest absolute Gasteiger partial charge is 0.282 e. The van der Waals surface area contributed by atoms with Crippen LogP contribution in [0.3, 0.4) is 0 Å². The van der Waals surface area contributed by atoms with Gasteiger partial charge in [-0.05, 0) is 12.1 Å². The molecule has 0 saturated heterocycles. The lowest BCUT2D eigenvalue weighted by Gasteiger charge is -2.15.